The number of aliphatic hydroxyl groups excluding tert-OH is 1. The van der Waals surface area contributed by atoms with Crippen LogP contribution in [0.1, 0.15) is 31.2 Å². The number of carbonyl (C=O) groups excluding carboxylic acids is 2. The molecule has 124 valence electrons. The first kappa shape index (κ1) is 15.9. The molecular formula is C17H21FN2O3. The average molecular weight is 320 g/mol. The summed E-state index contributed by atoms with van der Waals surface area (Å²) in [5, 5.41) is 12.3. The molecule has 2 aliphatic rings. The number of likely N-dealkylation sites (tertiary alicyclic amines) is 1. The van der Waals surface area contributed by atoms with Crippen LogP contribution >= 0.6 is 0 Å². The zero-order valence-corrected chi connectivity index (χ0v) is 12.9. The van der Waals surface area contributed by atoms with E-state index in [0.29, 0.717) is 38.8 Å². The van der Waals surface area contributed by atoms with Crippen molar-refractivity contribution in [3.05, 3.63) is 35.6 Å². The Hall–Kier alpha value is -1.95. The van der Waals surface area contributed by atoms with E-state index in [1.54, 1.807) is 17.0 Å². The van der Waals surface area contributed by atoms with E-state index in [2.05, 4.69) is 5.32 Å². The third-order valence-corrected chi connectivity index (χ3v) is 4.68. The summed E-state index contributed by atoms with van der Waals surface area (Å²) in [7, 11) is 0. The number of hydrogen-bond donors (Lipinski definition) is 2. The van der Waals surface area contributed by atoms with Crippen molar-refractivity contribution in [1.82, 2.24) is 10.2 Å². The number of amides is 2. The van der Waals surface area contributed by atoms with Gasteiger partial charge in [0.2, 0.25) is 11.8 Å². The van der Waals surface area contributed by atoms with E-state index in [1.807, 2.05) is 0 Å². The van der Waals surface area contributed by atoms with Crippen LogP contribution in [0.25, 0.3) is 0 Å². The summed E-state index contributed by atoms with van der Waals surface area (Å²) in [5.74, 6) is -0.723. The van der Waals surface area contributed by atoms with Gasteiger partial charge in [-0.05, 0) is 43.4 Å². The Bertz CT molecular complexity index is 590. The summed E-state index contributed by atoms with van der Waals surface area (Å²) < 4.78 is 12.9. The van der Waals surface area contributed by atoms with Crippen molar-refractivity contribution in [2.24, 2.45) is 5.92 Å². The topological polar surface area (TPSA) is 69.6 Å². The molecule has 1 aromatic carbocycles. The van der Waals surface area contributed by atoms with Gasteiger partial charge >= 0.3 is 0 Å². The zero-order valence-electron chi connectivity index (χ0n) is 12.9. The Morgan fingerprint density at radius 3 is 2.65 bits per heavy atom. The number of nitrogens with zero attached hydrogens (tertiary/aromatic N) is 1. The first-order chi connectivity index (χ1) is 11.0. The summed E-state index contributed by atoms with van der Waals surface area (Å²) in [6.07, 6.45) is 1.98. The van der Waals surface area contributed by atoms with Crippen LogP contribution in [-0.4, -0.2) is 40.5 Å². The van der Waals surface area contributed by atoms with Crippen LogP contribution in [0.3, 0.4) is 0 Å². The first-order valence-corrected chi connectivity index (χ1v) is 8.04. The minimum absolute atomic E-state index is 0.0961. The quantitative estimate of drug-likeness (QED) is 0.876. The Balaban J connectivity index is 1.54. The molecule has 2 fully saturated rings. The van der Waals surface area contributed by atoms with Gasteiger partial charge in [-0.1, -0.05) is 12.1 Å². The molecule has 2 amide bonds. The van der Waals surface area contributed by atoms with Gasteiger partial charge in [0.1, 0.15) is 11.9 Å². The highest BCUT2D eigenvalue weighted by Gasteiger charge is 2.35. The fourth-order valence-electron chi connectivity index (χ4n) is 3.33. The predicted molar refractivity (Wildman–Crippen MR) is 81.7 cm³/mol. The molecule has 1 aliphatic carbocycles. The maximum atomic E-state index is 12.9. The molecule has 0 spiro atoms. The molecule has 1 aliphatic heterocycles. The van der Waals surface area contributed by atoms with E-state index in [9.17, 15) is 19.1 Å². The number of nitrogens with one attached hydrogen (secondary N) is 1. The lowest BCUT2D eigenvalue weighted by Gasteiger charge is -2.18. The van der Waals surface area contributed by atoms with Crippen LogP contribution in [0.15, 0.2) is 24.3 Å². The third-order valence-electron chi connectivity index (χ3n) is 4.68. The maximum absolute atomic E-state index is 12.9. The fourth-order valence-corrected chi connectivity index (χ4v) is 3.33. The van der Waals surface area contributed by atoms with E-state index < -0.39 is 12.1 Å². The van der Waals surface area contributed by atoms with Crippen molar-refractivity contribution in [2.75, 3.05) is 6.54 Å². The van der Waals surface area contributed by atoms with Gasteiger partial charge in [-0.25, -0.2) is 4.39 Å². The molecule has 0 aromatic heterocycles. The van der Waals surface area contributed by atoms with Gasteiger partial charge < -0.3 is 15.3 Å². The molecular weight excluding hydrogens is 299 g/mol. The Morgan fingerprint density at radius 1 is 1.26 bits per heavy atom. The summed E-state index contributed by atoms with van der Waals surface area (Å²) in [4.78, 5) is 26.2. The van der Waals surface area contributed by atoms with Gasteiger partial charge in [-0.3, -0.25) is 9.59 Å². The van der Waals surface area contributed by atoms with Gasteiger partial charge in [0.25, 0.3) is 0 Å². The largest absolute Gasteiger partial charge is 0.393 e. The van der Waals surface area contributed by atoms with Gasteiger partial charge in [0.15, 0.2) is 0 Å². The van der Waals surface area contributed by atoms with Crippen molar-refractivity contribution < 1.29 is 19.1 Å². The van der Waals surface area contributed by atoms with Crippen molar-refractivity contribution in [3.63, 3.8) is 0 Å². The number of halogens is 1. The standard InChI is InChI=1S/C17H21FN2O3/c18-13-4-1-11(2-5-13)10-20-8-7-15(17(20)23)19-16(22)12-3-6-14(21)9-12/h1-2,4-5,12,14-15,21H,3,6-10H2,(H,19,22)/t12-,14-,15+/m1/s1. The van der Waals surface area contributed by atoms with Gasteiger partial charge in [0.05, 0.1) is 6.10 Å². The molecule has 0 radical (unpaired) electrons. The molecule has 23 heavy (non-hydrogen) atoms. The van der Waals surface area contributed by atoms with Crippen LogP contribution in [0.5, 0.6) is 0 Å². The smallest absolute Gasteiger partial charge is 0.245 e. The Labute approximate surface area is 134 Å². The summed E-state index contributed by atoms with van der Waals surface area (Å²) >= 11 is 0. The lowest BCUT2D eigenvalue weighted by molar-refractivity contribution is -0.134. The highest BCUT2D eigenvalue weighted by Crippen LogP contribution is 2.26. The number of carbonyl (C=O) groups is 2. The molecule has 1 saturated heterocycles. The van der Waals surface area contributed by atoms with Crippen molar-refractivity contribution in [2.45, 2.75) is 44.4 Å². The summed E-state index contributed by atoms with van der Waals surface area (Å²) in [6.45, 7) is 1.00. The molecule has 1 saturated carbocycles. The second-order valence-electron chi connectivity index (χ2n) is 6.40. The van der Waals surface area contributed by atoms with Crippen molar-refractivity contribution in [3.8, 4) is 0 Å². The number of benzene rings is 1. The van der Waals surface area contributed by atoms with Crippen LogP contribution in [-0.2, 0) is 16.1 Å². The van der Waals surface area contributed by atoms with E-state index in [0.717, 1.165) is 5.56 Å². The minimum atomic E-state index is -0.485. The third kappa shape index (κ3) is 3.69. The van der Waals surface area contributed by atoms with Crippen LogP contribution in [0.4, 0.5) is 4.39 Å². The number of hydrogen-bond acceptors (Lipinski definition) is 3. The molecule has 1 heterocycles. The lowest BCUT2D eigenvalue weighted by Crippen LogP contribution is -2.43. The zero-order chi connectivity index (χ0) is 16.4. The van der Waals surface area contributed by atoms with E-state index >= 15 is 0 Å². The Kier molecular flexibility index (Phi) is 4.61. The number of aliphatic hydroxyl groups is 1. The molecule has 0 bridgehead atoms. The highest BCUT2D eigenvalue weighted by molar-refractivity contribution is 5.90. The summed E-state index contributed by atoms with van der Waals surface area (Å²) in [5.41, 5.74) is 0.866. The fraction of sp³-hybridized carbons (Fsp3) is 0.529. The van der Waals surface area contributed by atoms with Gasteiger partial charge in [0, 0.05) is 19.0 Å². The molecule has 3 atom stereocenters. The average Bonchev–Trinajstić information content (AvgIpc) is 3.10. The molecule has 2 N–H and O–H groups in total. The molecule has 1 aromatic rings. The molecule has 0 unspecified atom stereocenters. The normalized spacial score (nSPS) is 27.5. The van der Waals surface area contributed by atoms with Crippen LogP contribution < -0.4 is 5.32 Å². The van der Waals surface area contributed by atoms with Crippen molar-refractivity contribution in [1.29, 1.82) is 0 Å². The second kappa shape index (κ2) is 6.66. The molecule has 3 rings (SSSR count). The van der Waals surface area contributed by atoms with E-state index in [4.69, 9.17) is 0 Å². The maximum Gasteiger partial charge on any atom is 0.245 e. The van der Waals surface area contributed by atoms with Crippen LogP contribution in [0.2, 0.25) is 0 Å². The van der Waals surface area contributed by atoms with Gasteiger partial charge in [-0.2, -0.15) is 0 Å². The molecule has 6 heteroatoms. The van der Waals surface area contributed by atoms with E-state index in [1.165, 1.54) is 12.1 Å². The minimum Gasteiger partial charge on any atom is -0.393 e. The van der Waals surface area contributed by atoms with Gasteiger partial charge in [-0.15, -0.1) is 0 Å². The predicted octanol–water partition coefficient (Wildman–Crippen LogP) is 1.20. The van der Waals surface area contributed by atoms with E-state index in [-0.39, 0.29) is 23.5 Å². The summed E-state index contributed by atoms with van der Waals surface area (Å²) in [6, 6.07) is 5.59. The highest BCUT2D eigenvalue weighted by atomic mass is 19.1. The van der Waals surface area contributed by atoms with Crippen LogP contribution in [0, 0.1) is 11.7 Å². The first-order valence-electron chi connectivity index (χ1n) is 8.04. The molecule has 5 nitrogen and oxygen atoms in total. The number of rotatable bonds is 4. The second-order valence-corrected chi connectivity index (χ2v) is 6.40. The SMILES string of the molecule is O=C(N[C@H]1CCN(Cc2ccc(F)cc2)C1=O)[C@@H]1CC[C@@H](O)C1. The lowest BCUT2D eigenvalue weighted by atomic mass is 10.1. The monoisotopic (exact) mass is 320 g/mol. The van der Waals surface area contributed by atoms with Crippen molar-refractivity contribution >= 4 is 11.8 Å². The Morgan fingerprint density at radius 2 is 2.00 bits per heavy atom.